The van der Waals surface area contributed by atoms with Crippen molar-refractivity contribution >= 4 is 21.8 Å². The monoisotopic (exact) mass is 643 g/mol. The number of benzene rings is 7. The Hall–Kier alpha value is -6.65. The fourth-order valence-corrected chi connectivity index (χ4v) is 5.64. The maximum Gasteiger partial charge on any atom is 0.166 e. The highest BCUT2D eigenvalue weighted by Crippen LogP contribution is 2.39. The zero-order valence-corrected chi connectivity index (χ0v) is 25.3. The summed E-state index contributed by atoms with van der Waals surface area (Å²) in [6.07, 6.45) is 0. The molecule has 0 saturated carbocycles. The van der Waals surface area contributed by atoms with Crippen molar-refractivity contribution in [3.8, 4) is 62.1 Å². The maximum atomic E-state index is 9.64. The number of para-hydroxylation sites is 1. The van der Waals surface area contributed by atoms with Crippen molar-refractivity contribution in [1.82, 2.24) is 19.5 Å². The van der Waals surface area contributed by atoms with Crippen LogP contribution in [0.1, 0.15) is 23.3 Å². The second-order valence-electron chi connectivity index (χ2n) is 10.8. The topological polar surface area (TPSA) is 43.6 Å². The molecule has 4 heteroatoms. The van der Waals surface area contributed by atoms with Crippen molar-refractivity contribution < 1.29 is 23.3 Å². The van der Waals surface area contributed by atoms with Crippen molar-refractivity contribution in [2.24, 2.45) is 0 Å². The number of fused-ring (bicyclic) bond motifs is 3. The molecule has 230 valence electrons. The molecule has 9 rings (SSSR count). The minimum Gasteiger partial charge on any atom is -0.309 e. The van der Waals surface area contributed by atoms with Crippen LogP contribution in [-0.2, 0) is 0 Å². The molecule has 0 unspecified atom stereocenters. The largest absolute Gasteiger partial charge is 0.309 e. The van der Waals surface area contributed by atoms with Gasteiger partial charge in [0.2, 0.25) is 0 Å². The number of hydrogen-bond donors (Lipinski definition) is 0. The lowest BCUT2D eigenvalue weighted by molar-refractivity contribution is 1.06. The zero-order chi connectivity index (χ0) is 47.4. The fourth-order valence-electron chi connectivity index (χ4n) is 5.64. The number of hydrogen-bond acceptors (Lipinski definition) is 3. The van der Waals surface area contributed by atoms with Crippen LogP contribution in [0.3, 0.4) is 0 Å². The summed E-state index contributed by atoms with van der Waals surface area (Å²) in [4.78, 5) is 14.6. The molecule has 0 spiro atoms. The van der Waals surface area contributed by atoms with Gasteiger partial charge in [-0.15, -0.1) is 0 Å². The minimum atomic E-state index is -0.758. The van der Waals surface area contributed by atoms with E-state index in [9.17, 15) is 6.85 Å². The fraction of sp³-hybridized carbons (Fsp3) is 0. The zero-order valence-electron chi connectivity index (χ0n) is 42.3. The Kier molecular flexibility index (Phi) is 3.97. The molecule has 2 heterocycles. The molecule has 0 aliphatic rings. The third kappa shape index (κ3) is 5.26. The van der Waals surface area contributed by atoms with Gasteiger partial charge in [-0.1, -0.05) is 151 Å². The minimum absolute atomic E-state index is 0.00299. The van der Waals surface area contributed by atoms with Crippen molar-refractivity contribution in [2.45, 2.75) is 0 Å². The third-order valence-electron chi connectivity index (χ3n) is 7.87. The average molecular weight is 644 g/mol. The van der Waals surface area contributed by atoms with Gasteiger partial charge >= 0.3 is 0 Å². The molecule has 7 aromatic carbocycles. The Balaban J connectivity index is 1.49. The summed E-state index contributed by atoms with van der Waals surface area (Å²) < 4.78 is 151. The van der Waals surface area contributed by atoms with Crippen LogP contribution in [0.5, 0.6) is 0 Å². The van der Waals surface area contributed by atoms with E-state index in [-0.39, 0.29) is 61.7 Å². The summed E-state index contributed by atoms with van der Waals surface area (Å²) in [5.41, 5.74) is -0.573. The van der Waals surface area contributed by atoms with E-state index in [1.54, 1.807) is 60.7 Å². The number of rotatable bonds is 6. The smallest absolute Gasteiger partial charge is 0.166 e. The molecular formula is C45H30N4. The van der Waals surface area contributed by atoms with Crippen LogP contribution in [0.2, 0.25) is 0 Å². The lowest BCUT2D eigenvalue weighted by atomic mass is 10.0. The molecule has 0 radical (unpaired) electrons. The second-order valence-corrected chi connectivity index (χ2v) is 10.8. The number of nitrogens with zero attached hydrogens (tertiary/aromatic N) is 4. The second kappa shape index (κ2) is 12.2. The quantitative estimate of drug-likeness (QED) is 0.181. The molecule has 0 amide bonds. The highest BCUT2D eigenvalue weighted by Gasteiger charge is 2.20. The summed E-state index contributed by atoms with van der Waals surface area (Å²) in [5, 5.41) is -0.583. The van der Waals surface area contributed by atoms with Crippen molar-refractivity contribution in [3.05, 3.63) is 182 Å². The Labute approximate surface area is 308 Å². The molecule has 0 atom stereocenters. The highest BCUT2D eigenvalue weighted by molar-refractivity contribution is 6.11. The van der Waals surface area contributed by atoms with Gasteiger partial charge in [0, 0.05) is 27.5 Å². The van der Waals surface area contributed by atoms with E-state index in [2.05, 4.69) is 0 Å². The van der Waals surface area contributed by atoms with E-state index in [1.807, 2.05) is 0 Å². The Morgan fingerprint density at radius 3 is 1.61 bits per heavy atom. The molecule has 49 heavy (non-hydrogen) atoms. The van der Waals surface area contributed by atoms with Crippen LogP contribution in [-0.4, -0.2) is 19.5 Å². The van der Waals surface area contributed by atoms with Gasteiger partial charge in [0.1, 0.15) is 0 Å². The first-order chi connectivity index (χ1) is 31.4. The molecule has 4 nitrogen and oxygen atoms in total. The van der Waals surface area contributed by atoms with E-state index in [4.69, 9.17) is 31.4 Å². The van der Waals surface area contributed by atoms with Gasteiger partial charge in [-0.3, -0.25) is 0 Å². The normalized spacial score (nSPS) is 16.1. The van der Waals surface area contributed by atoms with Gasteiger partial charge in [-0.25, -0.2) is 15.0 Å². The number of aromatic nitrogens is 4. The van der Waals surface area contributed by atoms with E-state index < -0.39 is 114 Å². The first-order valence-electron chi connectivity index (χ1n) is 23.6. The Morgan fingerprint density at radius 1 is 0.408 bits per heavy atom. The van der Waals surface area contributed by atoms with Gasteiger partial charge in [0.25, 0.3) is 0 Å². The van der Waals surface area contributed by atoms with E-state index >= 15 is 0 Å². The molecule has 2 aromatic heterocycles. The molecule has 0 aliphatic heterocycles. The summed E-state index contributed by atoms with van der Waals surface area (Å²) in [7, 11) is 0. The summed E-state index contributed by atoms with van der Waals surface area (Å²) >= 11 is 0. The summed E-state index contributed by atoms with van der Waals surface area (Å²) in [6.45, 7) is 0. The van der Waals surface area contributed by atoms with Crippen LogP contribution in [0, 0.1) is 0 Å². The Bertz CT molecular complexity index is 3450. The van der Waals surface area contributed by atoms with Gasteiger partial charge in [0.05, 0.1) is 40.0 Å². The van der Waals surface area contributed by atoms with E-state index in [0.29, 0.717) is 11.1 Å². The Morgan fingerprint density at radius 2 is 0.959 bits per heavy atom. The van der Waals surface area contributed by atoms with Crippen LogP contribution >= 0.6 is 0 Å². The molecule has 0 bridgehead atoms. The molecule has 0 fully saturated rings. The third-order valence-corrected chi connectivity index (χ3v) is 7.87. The molecule has 0 N–H and O–H groups in total. The van der Waals surface area contributed by atoms with Crippen LogP contribution in [0.4, 0.5) is 0 Å². The lowest BCUT2D eigenvalue weighted by Crippen LogP contribution is -2.04. The van der Waals surface area contributed by atoms with Crippen molar-refractivity contribution in [3.63, 3.8) is 0 Å². The van der Waals surface area contributed by atoms with E-state index in [1.165, 1.54) is 22.8 Å². The lowest BCUT2D eigenvalue weighted by Gasteiger charge is -2.16. The van der Waals surface area contributed by atoms with Crippen molar-refractivity contribution in [2.75, 3.05) is 0 Å². The van der Waals surface area contributed by atoms with Gasteiger partial charge < -0.3 is 4.57 Å². The van der Waals surface area contributed by atoms with Gasteiger partial charge in [-0.2, -0.15) is 0 Å². The summed E-state index contributed by atoms with van der Waals surface area (Å²) in [6, 6.07) is 10.7. The van der Waals surface area contributed by atoms with Crippen LogP contribution < -0.4 is 0 Å². The summed E-state index contributed by atoms with van der Waals surface area (Å²) in [5.74, 6) is 0.311. The molecule has 0 saturated heterocycles. The van der Waals surface area contributed by atoms with Gasteiger partial charge in [0.15, 0.2) is 17.5 Å². The van der Waals surface area contributed by atoms with Crippen molar-refractivity contribution in [1.29, 1.82) is 0 Å². The average Bonchev–Trinajstić information content (AvgIpc) is 3.70. The highest BCUT2D eigenvalue weighted by atomic mass is 15.1. The molecular weight excluding hydrogens is 597 g/mol. The predicted molar refractivity (Wildman–Crippen MR) is 201 cm³/mol. The predicted octanol–water partition coefficient (Wildman–Crippen LogP) is 11.3. The standard InChI is InChI=1S/C45H30N4/c1-5-15-31(16-6-1)35-25-27-41-38(29-35)37-23-13-14-24-40(37)49(41)42-28-26-36(32-17-7-2-8-18-32)30-39(42)45-47-43(33-19-9-3-10-20-33)46-44(48-45)34-21-11-4-12-22-34/h1-30H/i1D,2D,5D,6D,7D,8D,13D,14D,15D,16D,17D,18D,23D,24D,25D,27D,29D. The first kappa shape index (κ1) is 16.0. The van der Waals surface area contributed by atoms with Crippen LogP contribution in [0.25, 0.3) is 83.9 Å². The van der Waals surface area contributed by atoms with E-state index in [0.717, 1.165) is 0 Å². The first-order valence-corrected chi connectivity index (χ1v) is 15.1. The van der Waals surface area contributed by atoms with Gasteiger partial charge in [-0.05, 0) is 52.5 Å². The maximum absolute atomic E-state index is 9.64. The SMILES string of the molecule is [2H]c1c([2H])c([2H])c(-c2ccc(-n3c4c([2H])c([2H])c([2H])c([2H])c4c4c([2H])c(-c5c([2H])c([2H])c([2H])c([2H])c5[2H])c([2H])c([2H])c43)c(-c3nc(-c4ccccc4)nc(-c4ccccc4)n3)c2)c([2H])c1[2H]. The van der Waals surface area contributed by atoms with Crippen LogP contribution in [0.15, 0.2) is 182 Å². The molecule has 9 aromatic rings. The molecule has 0 aliphatic carbocycles.